The van der Waals surface area contributed by atoms with Gasteiger partial charge in [0.1, 0.15) is 0 Å². The Bertz CT molecular complexity index is 1190. The van der Waals surface area contributed by atoms with Crippen molar-refractivity contribution in [2.75, 3.05) is 18.4 Å². The molecule has 3 aromatic rings. The average molecular weight is 453 g/mol. The SMILES string of the molecule is C=CCN(CC=C)S(=O)(=O)c1ccc(C(=O)Nc2nnc(Cc3ccc(C)cc3)o2)cc1. The van der Waals surface area contributed by atoms with Gasteiger partial charge in [-0.2, -0.15) is 4.31 Å². The van der Waals surface area contributed by atoms with Gasteiger partial charge in [0.25, 0.3) is 5.91 Å². The zero-order valence-electron chi connectivity index (χ0n) is 17.7. The predicted molar refractivity (Wildman–Crippen MR) is 122 cm³/mol. The first kappa shape index (κ1) is 23.1. The predicted octanol–water partition coefficient (Wildman–Crippen LogP) is 3.58. The standard InChI is InChI=1S/C23H24N4O4S/c1-4-14-27(15-5-2)32(29,30)20-12-10-19(11-13-20)22(28)24-23-26-25-21(31-23)16-18-8-6-17(3)7-9-18/h4-13H,1-2,14-16H2,3H3,(H,24,26,28). The Kier molecular flexibility index (Phi) is 7.34. The van der Waals surface area contributed by atoms with Crippen LogP contribution in [-0.2, 0) is 16.4 Å². The lowest BCUT2D eigenvalue weighted by atomic mass is 10.1. The second kappa shape index (κ2) is 10.2. The molecule has 2 aromatic carbocycles. The number of nitrogens with zero attached hydrogens (tertiary/aromatic N) is 3. The Balaban J connectivity index is 1.67. The minimum absolute atomic E-state index is 0.0306. The highest BCUT2D eigenvalue weighted by Crippen LogP contribution is 2.18. The Morgan fingerprint density at radius 3 is 2.25 bits per heavy atom. The van der Waals surface area contributed by atoms with Crippen LogP contribution in [0.2, 0.25) is 0 Å². The zero-order chi connectivity index (χ0) is 23.1. The average Bonchev–Trinajstić information content (AvgIpc) is 3.22. The molecular weight excluding hydrogens is 428 g/mol. The number of rotatable bonds is 10. The van der Waals surface area contributed by atoms with Crippen LogP contribution in [0.4, 0.5) is 6.01 Å². The third kappa shape index (κ3) is 5.57. The van der Waals surface area contributed by atoms with Gasteiger partial charge in [0.05, 0.1) is 11.3 Å². The molecule has 0 atom stereocenters. The Labute approximate surface area is 187 Å². The third-order valence-electron chi connectivity index (χ3n) is 4.58. The van der Waals surface area contributed by atoms with Crippen LogP contribution in [0.15, 0.2) is 83.2 Å². The van der Waals surface area contributed by atoms with Gasteiger partial charge in [0.15, 0.2) is 0 Å². The van der Waals surface area contributed by atoms with Gasteiger partial charge in [-0.25, -0.2) is 8.42 Å². The second-order valence-electron chi connectivity index (χ2n) is 7.04. The molecule has 0 aliphatic rings. The molecule has 1 heterocycles. The monoisotopic (exact) mass is 452 g/mol. The molecule has 8 nitrogen and oxygen atoms in total. The molecule has 0 unspecified atom stereocenters. The smallest absolute Gasteiger partial charge is 0.322 e. The van der Waals surface area contributed by atoms with Crippen molar-refractivity contribution in [1.82, 2.24) is 14.5 Å². The number of benzene rings is 2. The summed E-state index contributed by atoms with van der Waals surface area (Å²) in [5.41, 5.74) is 2.41. The quantitative estimate of drug-likeness (QED) is 0.471. The van der Waals surface area contributed by atoms with Crippen molar-refractivity contribution in [3.63, 3.8) is 0 Å². The highest BCUT2D eigenvalue weighted by molar-refractivity contribution is 7.89. The fourth-order valence-electron chi connectivity index (χ4n) is 2.91. The molecule has 0 radical (unpaired) electrons. The number of amides is 1. The van der Waals surface area contributed by atoms with Gasteiger partial charge in [-0.1, -0.05) is 47.1 Å². The first-order valence-corrected chi connectivity index (χ1v) is 11.3. The molecule has 9 heteroatoms. The molecular formula is C23H24N4O4S. The summed E-state index contributed by atoms with van der Waals surface area (Å²) in [5.74, 6) is -0.122. The molecule has 3 rings (SSSR count). The summed E-state index contributed by atoms with van der Waals surface area (Å²) in [5, 5.41) is 10.3. The van der Waals surface area contributed by atoms with Crippen molar-refractivity contribution in [2.45, 2.75) is 18.2 Å². The zero-order valence-corrected chi connectivity index (χ0v) is 18.5. The van der Waals surface area contributed by atoms with Crippen LogP contribution in [0.3, 0.4) is 0 Å². The van der Waals surface area contributed by atoms with E-state index in [0.29, 0.717) is 12.3 Å². The normalized spacial score (nSPS) is 11.3. The third-order valence-corrected chi connectivity index (χ3v) is 6.43. The van der Waals surface area contributed by atoms with Crippen LogP contribution >= 0.6 is 0 Å². The number of hydrogen-bond donors (Lipinski definition) is 1. The van der Waals surface area contributed by atoms with Crippen molar-refractivity contribution >= 4 is 21.9 Å². The number of hydrogen-bond acceptors (Lipinski definition) is 6. The summed E-state index contributed by atoms with van der Waals surface area (Å²) in [6.07, 6.45) is 3.45. The van der Waals surface area contributed by atoms with Gasteiger partial charge in [-0.15, -0.1) is 18.3 Å². The van der Waals surface area contributed by atoms with Crippen molar-refractivity contribution < 1.29 is 17.6 Å². The molecule has 1 aromatic heterocycles. The van der Waals surface area contributed by atoms with E-state index in [1.165, 1.54) is 40.7 Å². The van der Waals surface area contributed by atoms with Crippen LogP contribution in [0.1, 0.15) is 27.4 Å². The van der Waals surface area contributed by atoms with Gasteiger partial charge in [-0.05, 0) is 36.8 Å². The topological polar surface area (TPSA) is 105 Å². The van der Waals surface area contributed by atoms with E-state index in [1.807, 2.05) is 31.2 Å². The largest absolute Gasteiger partial charge is 0.407 e. The summed E-state index contributed by atoms with van der Waals surface area (Å²) in [6, 6.07) is 13.5. The Morgan fingerprint density at radius 2 is 1.66 bits per heavy atom. The number of carbonyl (C=O) groups is 1. The van der Waals surface area contributed by atoms with Gasteiger partial charge in [0.2, 0.25) is 15.9 Å². The van der Waals surface area contributed by atoms with E-state index in [0.717, 1.165) is 11.1 Å². The lowest BCUT2D eigenvalue weighted by Crippen LogP contribution is -2.31. The van der Waals surface area contributed by atoms with Crippen LogP contribution < -0.4 is 5.32 Å². The van der Waals surface area contributed by atoms with Crippen LogP contribution in [0, 0.1) is 6.92 Å². The molecule has 0 bridgehead atoms. The first-order chi connectivity index (χ1) is 15.3. The van der Waals surface area contributed by atoms with E-state index < -0.39 is 15.9 Å². The van der Waals surface area contributed by atoms with E-state index >= 15 is 0 Å². The lowest BCUT2D eigenvalue weighted by molar-refractivity contribution is 0.102. The molecule has 0 saturated heterocycles. The highest BCUT2D eigenvalue weighted by atomic mass is 32.2. The van der Waals surface area contributed by atoms with Crippen molar-refractivity contribution in [3.05, 3.63) is 96.4 Å². The van der Waals surface area contributed by atoms with Crippen LogP contribution in [-0.4, -0.2) is 41.9 Å². The van der Waals surface area contributed by atoms with E-state index in [1.54, 1.807) is 0 Å². The van der Waals surface area contributed by atoms with Crippen molar-refractivity contribution in [1.29, 1.82) is 0 Å². The lowest BCUT2D eigenvalue weighted by Gasteiger charge is -2.19. The molecule has 1 amide bonds. The Morgan fingerprint density at radius 1 is 1.03 bits per heavy atom. The van der Waals surface area contributed by atoms with Crippen molar-refractivity contribution in [3.8, 4) is 0 Å². The number of sulfonamides is 1. The van der Waals surface area contributed by atoms with E-state index in [4.69, 9.17) is 4.42 Å². The summed E-state index contributed by atoms with van der Waals surface area (Å²) in [4.78, 5) is 12.6. The first-order valence-electron chi connectivity index (χ1n) is 9.84. The molecule has 32 heavy (non-hydrogen) atoms. The van der Waals surface area contributed by atoms with Crippen LogP contribution in [0.5, 0.6) is 0 Å². The number of carbonyl (C=O) groups excluding carboxylic acids is 1. The van der Waals surface area contributed by atoms with E-state index in [2.05, 4.69) is 28.7 Å². The van der Waals surface area contributed by atoms with Crippen LogP contribution in [0.25, 0.3) is 0 Å². The molecule has 0 spiro atoms. The molecule has 0 saturated carbocycles. The minimum atomic E-state index is -3.74. The van der Waals surface area contributed by atoms with Gasteiger partial charge in [0, 0.05) is 18.7 Å². The van der Waals surface area contributed by atoms with Crippen molar-refractivity contribution in [2.24, 2.45) is 0 Å². The van der Waals surface area contributed by atoms with Gasteiger partial charge in [-0.3, -0.25) is 10.1 Å². The highest BCUT2D eigenvalue weighted by Gasteiger charge is 2.23. The molecule has 1 N–H and O–H groups in total. The number of nitrogens with one attached hydrogen (secondary N) is 1. The Hall–Kier alpha value is -3.56. The number of anilines is 1. The van der Waals surface area contributed by atoms with E-state index in [9.17, 15) is 13.2 Å². The molecule has 0 aliphatic carbocycles. The maximum absolute atomic E-state index is 12.8. The minimum Gasteiger partial charge on any atom is -0.407 e. The fourth-order valence-corrected chi connectivity index (χ4v) is 4.29. The molecule has 0 fully saturated rings. The summed E-state index contributed by atoms with van der Waals surface area (Å²) in [7, 11) is -3.74. The molecule has 166 valence electrons. The summed E-state index contributed by atoms with van der Waals surface area (Å²) >= 11 is 0. The summed E-state index contributed by atoms with van der Waals surface area (Å²) < 4.78 is 32.2. The summed E-state index contributed by atoms with van der Waals surface area (Å²) in [6.45, 7) is 9.47. The number of aryl methyl sites for hydroxylation is 1. The van der Waals surface area contributed by atoms with E-state index in [-0.39, 0.29) is 29.6 Å². The maximum Gasteiger partial charge on any atom is 0.322 e. The maximum atomic E-state index is 12.8. The van der Waals surface area contributed by atoms with Gasteiger partial charge >= 0.3 is 6.01 Å². The fraction of sp³-hybridized carbons (Fsp3) is 0.174. The molecule has 0 aliphatic heterocycles. The second-order valence-corrected chi connectivity index (χ2v) is 8.98. The number of aromatic nitrogens is 2. The van der Waals surface area contributed by atoms with Gasteiger partial charge < -0.3 is 4.42 Å².